The minimum Gasteiger partial charge on any atom is -0.297 e. The second-order valence-electron chi connectivity index (χ2n) is 4.28. The third-order valence-electron chi connectivity index (χ3n) is 2.85. The van der Waals surface area contributed by atoms with E-state index in [0.29, 0.717) is 0 Å². The van der Waals surface area contributed by atoms with Crippen molar-refractivity contribution in [2.75, 3.05) is 13.1 Å². The van der Waals surface area contributed by atoms with Crippen LogP contribution in [0.15, 0.2) is 27.8 Å². The van der Waals surface area contributed by atoms with Crippen molar-refractivity contribution in [2.24, 2.45) is 5.10 Å². The van der Waals surface area contributed by atoms with Gasteiger partial charge in [0.2, 0.25) is 0 Å². The quantitative estimate of drug-likeness (QED) is 0.756. The van der Waals surface area contributed by atoms with Gasteiger partial charge in [-0.05, 0) is 37.8 Å². The molecule has 0 aliphatic carbocycles. The van der Waals surface area contributed by atoms with E-state index in [-0.39, 0.29) is 0 Å². The maximum absolute atomic E-state index is 4.52. The topological polar surface area (TPSA) is 15.6 Å². The van der Waals surface area contributed by atoms with E-state index in [1.54, 1.807) is 0 Å². The minimum absolute atomic E-state index is 1.10. The Labute approximate surface area is 105 Å². The first-order chi connectivity index (χ1) is 7.75. The Morgan fingerprint density at radius 3 is 2.69 bits per heavy atom. The van der Waals surface area contributed by atoms with E-state index in [9.17, 15) is 0 Å². The van der Waals surface area contributed by atoms with Gasteiger partial charge in [0.15, 0.2) is 0 Å². The number of hydrogen-bond donors (Lipinski definition) is 0. The summed E-state index contributed by atoms with van der Waals surface area (Å²) in [4.78, 5) is 0. The molecular formula is C13H17BrN2. The van der Waals surface area contributed by atoms with Crippen LogP contribution in [-0.2, 0) is 0 Å². The molecule has 0 bridgehead atoms. The lowest BCUT2D eigenvalue weighted by Crippen LogP contribution is -2.24. The van der Waals surface area contributed by atoms with Crippen LogP contribution < -0.4 is 0 Å². The Bertz CT molecular complexity index is 382. The molecule has 3 heteroatoms. The van der Waals surface area contributed by atoms with Gasteiger partial charge in [-0.1, -0.05) is 28.1 Å². The number of piperidine rings is 1. The number of nitrogens with zero attached hydrogens (tertiary/aromatic N) is 2. The van der Waals surface area contributed by atoms with Crippen LogP contribution in [0.4, 0.5) is 0 Å². The van der Waals surface area contributed by atoms with E-state index in [1.165, 1.54) is 24.8 Å². The van der Waals surface area contributed by atoms with Gasteiger partial charge in [0, 0.05) is 23.1 Å². The molecule has 0 radical (unpaired) electrons. The Morgan fingerprint density at radius 1 is 1.25 bits per heavy atom. The van der Waals surface area contributed by atoms with Crippen LogP contribution in [0.3, 0.4) is 0 Å². The zero-order valence-corrected chi connectivity index (χ0v) is 11.2. The van der Waals surface area contributed by atoms with E-state index in [4.69, 9.17) is 0 Å². The second-order valence-corrected chi connectivity index (χ2v) is 5.14. The van der Waals surface area contributed by atoms with E-state index < -0.39 is 0 Å². The maximum Gasteiger partial charge on any atom is 0.0554 e. The predicted molar refractivity (Wildman–Crippen MR) is 71.9 cm³/mol. The monoisotopic (exact) mass is 280 g/mol. The van der Waals surface area contributed by atoms with Crippen LogP contribution in [0, 0.1) is 6.92 Å². The molecule has 0 N–H and O–H groups in total. The van der Waals surface area contributed by atoms with Crippen LogP contribution in [0.2, 0.25) is 0 Å². The molecule has 1 fully saturated rings. The fourth-order valence-corrected chi connectivity index (χ4v) is 2.47. The number of halogens is 1. The number of aryl methyl sites for hydroxylation is 1. The Kier molecular flexibility index (Phi) is 3.99. The van der Waals surface area contributed by atoms with Crippen LogP contribution in [0.5, 0.6) is 0 Å². The summed E-state index contributed by atoms with van der Waals surface area (Å²) in [5, 5.41) is 6.68. The van der Waals surface area contributed by atoms with Gasteiger partial charge in [0.05, 0.1) is 6.21 Å². The molecule has 0 saturated carbocycles. The summed E-state index contributed by atoms with van der Waals surface area (Å²) in [6, 6.07) is 6.34. The van der Waals surface area contributed by atoms with Crippen molar-refractivity contribution in [1.29, 1.82) is 0 Å². The summed E-state index contributed by atoms with van der Waals surface area (Å²) in [6.45, 7) is 4.29. The molecule has 2 rings (SSSR count). The Hall–Kier alpha value is -0.830. The van der Waals surface area contributed by atoms with Gasteiger partial charge in [-0.3, -0.25) is 5.01 Å². The molecule has 0 spiro atoms. The molecule has 0 unspecified atom stereocenters. The van der Waals surface area contributed by atoms with Crippen LogP contribution in [0.1, 0.15) is 30.4 Å². The number of benzene rings is 1. The van der Waals surface area contributed by atoms with E-state index in [2.05, 4.69) is 51.2 Å². The zero-order valence-electron chi connectivity index (χ0n) is 9.62. The van der Waals surface area contributed by atoms with E-state index in [1.807, 2.05) is 6.21 Å². The van der Waals surface area contributed by atoms with Gasteiger partial charge in [0.1, 0.15) is 0 Å². The molecular weight excluding hydrogens is 264 g/mol. The summed E-state index contributed by atoms with van der Waals surface area (Å²) >= 11 is 3.56. The Morgan fingerprint density at radius 2 is 2.00 bits per heavy atom. The van der Waals surface area contributed by atoms with E-state index in [0.717, 1.165) is 23.1 Å². The molecule has 1 aromatic rings. The first kappa shape index (κ1) is 11.6. The van der Waals surface area contributed by atoms with Gasteiger partial charge >= 0.3 is 0 Å². The molecule has 0 atom stereocenters. The SMILES string of the molecule is Cc1ccc(/C=N/N2CCCCC2)c(Br)c1. The standard InChI is InChI=1S/C13H17BrN2/c1-11-5-6-12(13(14)9-11)10-15-16-7-3-2-4-8-16/h5-6,9-10H,2-4,7-8H2,1H3/b15-10+. The molecule has 1 saturated heterocycles. The fourth-order valence-electron chi connectivity index (χ4n) is 1.87. The van der Waals surface area contributed by atoms with Crippen molar-refractivity contribution in [2.45, 2.75) is 26.2 Å². The zero-order chi connectivity index (χ0) is 11.4. The van der Waals surface area contributed by atoms with Crippen molar-refractivity contribution in [1.82, 2.24) is 5.01 Å². The Balaban J connectivity index is 2.04. The average Bonchev–Trinajstić information content (AvgIpc) is 2.29. The summed E-state index contributed by atoms with van der Waals surface area (Å²) in [5.74, 6) is 0. The third kappa shape index (κ3) is 3.08. The highest BCUT2D eigenvalue weighted by molar-refractivity contribution is 9.10. The lowest BCUT2D eigenvalue weighted by atomic mass is 10.1. The minimum atomic E-state index is 1.10. The predicted octanol–water partition coefficient (Wildman–Crippen LogP) is 3.58. The van der Waals surface area contributed by atoms with Crippen LogP contribution in [-0.4, -0.2) is 24.3 Å². The summed E-state index contributed by atoms with van der Waals surface area (Å²) in [6.07, 6.45) is 5.84. The van der Waals surface area contributed by atoms with Crippen molar-refractivity contribution < 1.29 is 0 Å². The molecule has 1 aliphatic rings. The highest BCUT2D eigenvalue weighted by atomic mass is 79.9. The molecule has 0 amide bonds. The van der Waals surface area contributed by atoms with Crippen molar-refractivity contribution >= 4 is 22.1 Å². The molecule has 0 aromatic heterocycles. The van der Waals surface area contributed by atoms with Gasteiger partial charge in [-0.25, -0.2) is 0 Å². The molecule has 86 valence electrons. The molecule has 1 heterocycles. The maximum atomic E-state index is 4.52. The van der Waals surface area contributed by atoms with Gasteiger partial charge in [0.25, 0.3) is 0 Å². The third-order valence-corrected chi connectivity index (χ3v) is 3.54. The summed E-state index contributed by atoms with van der Waals surface area (Å²) < 4.78 is 1.12. The van der Waals surface area contributed by atoms with E-state index >= 15 is 0 Å². The summed E-state index contributed by atoms with van der Waals surface area (Å²) in [5.41, 5.74) is 2.41. The van der Waals surface area contributed by atoms with Crippen molar-refractivity contribution in [3.05, 3.63) is 33.8 Å². The molecule has 2 nitrogen and oxygen atoms in total. The van der Waals surface area contributed by atoms with Crippen molar-refractivity contribution in [3.63, 3.8) is 0 Å². The number of rotatable bonds is 2. The van der Waals surface area contributed by atoms with Crippen molar-refractivity contribution in [3.8, 4) is 0 Å². The highest BCUT2D eigenvalue weighted by Crippen LogP contribution is 2.17. The van der Waals surface area contributed by atoms with Gasteiger partial charge in [-0.2, -0.15) is 5.10 Å². The smallest absolute Gasteiger partial charge is 0.0554 e. The highest BCUT2D eigenvalue weighted by Gasteiger charge is 2.06. The largest absolute Gasteiger partial charge is 0.297 e. The molecule has 16 heavy (non-hydrogen) atoms. The number of hydrogen-bond acceptors (Lipinski definition) is 2. The fraction of sp³-hybridized carbons (Fsp3) is 0.462. The first-order valence-electron chi connectivity index (χ1n) is 5.81. The lowest BCUT2D eigenvalue weighted by molar-refractivity contribution is 0.240. The molecule has 1 aliphatic heterocycles. The number of hydrazone groups is 1. The lowest BCUT2D eigenvalue weighted by Gasteiger charge is -2.23. The second kappa shape index (κ2) is 5.48. The molecule has 1 aromatic carbocycles. The van der Waals surface area contributed by atoms with Crippen LogP contribution in [0.25, 0.3) is 0 Å². The normalized spacial score (nSPS) is 17.0. The first-order valence-corrected chi connectivity index (χ1v) is 6.60. The van der Waals surface area contributed by atoms with Gasteiger partial charge < -0.3 is 0 Å². The van der Waals surface area contributed by atoms with Crippen LogP contribution >= 0.6 is 15.9 Å². The summed E-state index contributed by atoms with van der Waals surface area (Å²) in [7, 11) is 0. The van der Waals surface area contributed by atoms with Gasteiger partial charge in [-0.15, -0.1) is 0 Å². The average molecular weight is 281 g/mol.